The number of carboxylic acids is 1. The zero-order valence-electron chi connectivity index (χ0n) is 11.2. The van der Waals surface area contributed by atoms with Crippen LogP contribution < -0.4 is 5.32 Å². The maximum atomic E-state index is 11.7. The Morgan fingerprint density at radius 2 is 1.88 bits per heavy atom. The first-order chi connectivity index (χ1) is 7.74. The van der Waals surface area contributed by atoms with Crippen molar-refractivity contribution in [2.24, 2.45) is 11.3 Å². The van der Waals surface area contributed by atoms with Gasteiger partial charge in [0.15, 0.2) is 0 Å². The van der Waals surface area contributed by atoms with Crippen molar-refractivity contribution in [3.63, 3.8) is 0 Å². The van der Waals surface area contributed by atoms with Gasteiger partial charge in [-0.25, -0.2) is 0 Å². The summed E-state index contributed by atoms with van der Waals surface area (Å²) in [4.78, 5) is 22.9. The van der Waals surface area contributed by atoms with E-state index in [0.29, 0.717) is 11.8 Å². The van der Waals surface area contributed by atoms with Crippen LogP contribution in [0.2, 0.25) is 0 Å². The molecular formula is C12H23NO3S. The number of carbonyl (C=O) groups is 2. The smallest absolute Gasteiger partial charge is 0.310 e. The standard InChI is InChI=1S/C12H23NO3S/c1-8(2)12(4,11(15)16)6-10(14)13-7-9(3)17-5/h8-9H,6-7H2,1-5H3,(H,13,14)(H,15,16). The van der Waals surface area contributed by atoms with E-state index in [-0.39, 0.29) is 18.2 Å². The van der Waals surface area contributed by atoms with E-state index in [2.05, 4.69) is 5.32 Å². The van der Waals surface area contributed by atoms with Crippen LogP contribution in [0.5, 0.6) is 0 Å². The van der Waals surface area contributed by atoms with E-state index in [1.807, 2.05) is 27.0 Å². The van der Waals surface area contributed by atoms with Crippen LogP contribution in [-0.2, 0) is 9.59 Å². The van der Waals surface area contributed by atoms with E-state index in [1.165, 1.54) is 0 Å². The van der Waals surface area contributed by atoms with E-state index in [4.69, 9.17) is 0 Å². The van der Waals surface area contributed by atoms with Gasteiger partial charge in [-0.2, -0.15) is 11.8 Å². The average Bonchev–Trinajstić information content (AvgIpc) is 2.25. The van der Waals surface area contributed by atoms with Crippen LogP contribution in [-0.4, -0.2) is 35.0 Å². The van der Waals surface area contributed by atoms with Gasteiger partial charge >= 0.3 is 5.97 Å². The van der Waals surface area contributed by atoms with Crippen molar-refractivity contribution in [3.8, 4) is 0 Å². The number of rotatable bonds is 7. The molecule has 0 saturated carbocycles. The van der Waals surface area contributed by atoms with Crippen molar-refractivity contribution in [1.82, 2.24) is 5.32 Å². The molecular weight excluding hydrogens is 238 g/mol. The minimum absolute atomic E-state index is 0.0289. The molecule has 0 aliphatic heterocycles. The summed E-state index contributed by atoms with van der Waals surface area (Å²) in [6, 6.07) is 0. The van der Waals surface area contributed by atoms with Gasteiger partial charge in [0.05, 0.1) is 5.41 Å². The Balaban J connectivity index is 4.39. The first-order valence-corrected chi connectivity index (χ1v) is 7.05. The molecule has 2 N–H and O–H groups in total. The molecule has 0 aliphatic carbocycles. The fourth-order valence-corrected chi connectivity index (χ4v) is 1.51. The first kappa shape index (κ1) is 16.3. The van der Waals surface area contributed by atoms with Crippen molar-refractivity contribution in [2.75, 3.05) is 12.8 Å². The quantitative estimate of drug-likeness (QED) is 0.735. The summed E-state index contributed by atoms with van der Waals surface area (Å²) < 4.78 is 0. The van der Waals surface area contributed by atoms with Crippen LogP contribution in [0.1, 0.15) is 34.1 Å². The molecule has 17 heavy (non-hydrogen) atoms. The van der Waals surface area contributed by atoms with Crippen molar-refractivity contribution in [2.45, 2.75) is 39.4 Å². The molecule has 4 nitrogen and oxygen atoms in total. The third-order valence-corrected chi connectivity index (χ3v) is 4.25. The van der Waals surface area contributed by atoms with E-state index < -0.39 is 11.4 Å². The van der Waals surface area contributed by atoms with Crippen LogP contribution in [0.25, 0.3) is 0 Å². The minimum Gasteiger partial charge on any atom is -0.481 e. The zero-order chi connectivity index (χ0) is 13.6. The second-order valence-corrected chi connectivity index (χ2v) is 6.18. The van der Waals surface area contributed by atoms with Gasteiger partial charge in [-0.1, -0.05) is 20.8 Å². The molecule has 2 atom stereocenters. The number of amides is 1. The number of carbonyl (C=O) groups excluding carboxylic acids is 1. The van der Waals surface area contributed by atoms with Crippen molar-refractivity contribution in [3.05, 3.63) is 0 Å². The van der Waals surface area contributed by atoms with Crippen molar-refractivity contribution >= 4 is 23.6 Å². The highest BCUT2D eigenvalue weighted by Crippen LogP contribution is 2.31. The van der Waals surface area contributed by atoms with Gasteiger partial charge in [0.1, 0.15) is 0 Å². The summed E-state index contributed by atoms with van der Waals surface area (Å²) in [6.07, 6.45) is 2.01. The predicted molar refractivity (Wildman–Crippen MR) is 71.2 cm³/mol. The lowest BCUT2D eigenvalue weighted by molar-refractivity contribution is -0.153. The lowest BCUT2D eigenvalue weighted by Crippen LogP contribution is -2.40. The first-order valence-electron chi connectivity index (χ1n) is 5.77. The van der Waals surface area contributed by atoms with Gasteiger partial charge in [-0.05, 0) is 19.1 Å². The third kappa shape index (κ3) is 4.98. The highest BCUT2D eigenvalue weighted by atomic mass is 32.2. The van der Waals surface area contributed by atoms with Gasteiger partial charge in [-0.3, -0.25) is 9.59 Å². The molecule has 0 rings (SSSR count). The largest absolute Gasteiger partial charge is 0.481 e. The fraction of sp³-hybridized carbons (Fsp3) is 0.833. The molecule has 0 radical (unpaired) electrons. The van der Waals surface area contributed by atoms with Crippen LogP contribution in [0, 0.1) is 11.3 Å². The summed E-state index contributed by atoms with van der Waals surface area (Å²) in [5.41, 5.74) is -0.993. The monoisotopic (exact) mass is 261 g/mol. The second kappa shape index (κ2) is 6.89. The van der Waals surface area contributed by atoms with E-state index in [9.17, 15) is 14.7 Å². The fourth-order valence-electron chi connectivity index (χ4n) is 1.26. The van der Waals surface area contributed by atoms with Gasteiger partial charge < -0.3 is 10.4 Å². The lowest BCUT2D eigenvalue weighted by Gasteiger charge is -2.28. The van der Waals surface area contributed by atoms with Gasteiger partial charge in [-0.15, -0.1) is 0 Å². The number of carboxylic acid groups (broad SMARTS) is 1. The molecule has 2 unspecified atom stereocenters. The third-order valence-electron chi connectivity index (χ3n) is 3.28. The molecule has 0 aliphatic rings. The second-order valence-electron chi connectivity index (χ2n) is 4.90. The number of hydrogen-bond acceptors (Lipinski definition) is 3. The Hall–Kier alpha value is -0.710. The molecule has 0 aromatic heterocycles. The summed E-state index contributed by atoms with van der Waals surface area (Å²) >= 11 is 1.67. The van der Waals surface area contributed by atoms with E-state index in [1.54, 1.807) is 18.7 Å². The van der Waals surface area contributed by atoms with Crippen LogP contribution in [0.15, 0.2) is 0 Å². The Morgan fingerprint density at radius 3 is 2.24 bits per heavy atom. The molecule has 100 valence electrons. The summed E-state index contributed by atoms with van der Waals surface area (Å²) in [6.45, 7) is 7.87. The number of aliphatic carboxylic acids is 1. The molecule has 0 fully saturated rings. The Bertz CT molecular complexity index is 281. The van der Waals surface area contributed by atoms with Crippen molar-refractivity contribution < 1.29 is 14.7 Å². The highest BCUT2D eigenvalue weighted by molar-refractivity contribution is 7.99. The number of hydrogen-bond donors (Lipinski definition) is 2. The summed E-state index contributed by atoms with van der Waals surface area (Å²) in [5.74, 6) is -1.19. The molecule has 0 heterocycles. The Morgan fingerprint density at radius 1 is 1.35 bits per heavy atom. The van der Waals surface area contributed by atoms with E-state index >= 15 is 0 Å². The molecule has 0 spiro atoms. The van der Waals surface area contributed by atoms with Crippen molar-refractivity contribution in [1.29, 1.82) is 0 Å². The van der Waals surface area contributed by atoms with Gasteiger partial charge in [0, 0.05) is 18.2 Å². The average molecular weight is 261 g/mol. The van der Waals surface area contributed by atoms with Gasteiger partial charge in [0.2, 0.25) is 5.91 Å². The maximum Gasteiger partial charge on any atom is 0.310 e. The molecule has 0 aromatic carbocycles. The normalized spacial score (nSPS) is 16.4. The highest BCUT2D eigenvalue weighted by Gasteiger charge is 2.38. The Labute approximate surface area is 108 Å². The summed E-state index contributed by atoms with van der Waals surface area (Å²) in [5, 5.41) is 12.3. The Kier molecular flexibility index (Phi) is 6.60. The van der Waals surface area contributed by atoms with Crippen LogP contribution in [0.3, 0.4) is 0 Å². The zero-order valence-corrected chi connectivity index (χ0v) is 12.1. The van der Waals surface area contributed by atoms with Crippen LogP contribution in [0.4, 0.5) is 0 Å². The predicted octanol–water partition coefficient (Wildman–Crippen LogP) is 1.99. The van der Waals surface area contributed by atoms with Gasteiger partial charge in [0.25, 0.3) is 0 Å². The lowest BCUT2D eigenvalue weighted by atomic mass is 9.76. The topological polar surface area (TPSA) is 66.4 Å². The molecule has 0 aromatic rings. The maximum absolute atomic E-state index is 11.7. The molecule has 1 amide bonds. The number of nitrogens with one attached hydrogen (secondary N) is 1. The SMILES string of the molecule is CSC(C)CNC(=O)CC(C)(C(=O)O)C(C)C. The molecule has 0 saturated heterocycles. The number of thioether (sulfide) groups is 1. The minimum atomic E-state index is -0.993. The van der Waals surface area contributed by atoms with E-state index in [0.717, 1.165) is 0 Å². The molecule has 0 bridgehead atoms. The molecule has 5 heteroatoms. The van der Waals surface area contributed by atoms with Crippen LogP contribution >= 0.6 is 11.8 Å². The summed E-state index contributed by atoms with van der Waals surface area (Å²) in [7, 11) is 0.